The third-order valence-corrected chi connectivity index (χ3v) is 8.71. The Morgan fingerprint density at radius 3 is 2.46 bits per heavy atom. The number of Topliss-reactive ketones (excluding diaryl/α,β-unsaturated/α-hetero) is 2. The Hall–Kier alpha value is -3.43. The van der Waals surface area contributed by atoms with E-state index in [4.69, 9.17) is 5.73 Å². The van der Waals surface area contributed by atoms with E-state index in [0.29, 0.717) is 18.8 Å². The number of phenols is 1. The van der Waals surface area contributed by atoms with Gasteiger partial charge in [0.05, 0.1) is 17.5 Å². The van der Waals surface area contributed by atoms with Crippen molar-refractivity contribution in [3.8, 4) is 5.75 Å². The van der Waals surface area contributed by atoms with Crippen LogP contribution in [0.15, 0.2) is 40.9 Å². The number of benzene rings is 1. The lowest BCUT2D eigenvalue weighted by Gasteiger charge is -2.46. The molecular formula is C30H37N3O6. The fourth-order valence-corrected chi connectivity index (χ4v) is 7.21. The van der Waals surface area contributed by atoms with Gasteiger partial charge in [0.2, 0.25) is 0 Å². The first-order valence-corrected chi connectivity index (χ1v) is 13.6. The van der Waals surface area contributed by atoms with Crippen molar-refractivity contribution in [2.45, 2.75) is 39.2 Å². The molecule has 0 saturated carbocycles. The molecule has 39 heavy (non-hydrogen) atoms. The number of carbonyl (C=O) groups is 3. The third kappa shape index (κ3) is 4.37. The van der Waals surface area contributed by atoms with Gasteiger partial charge >= 0.3 is 0 Å². The normalized spacial score (nSPS) is 27.5. The van der Waals surface area contributed by atoms with Gasteiger partial charge in [-0.15, -0.1) is 0 Å². The Balaban J connectivity index is 1.58. The van der Waals surface area contributed by atoms with Crippen LogP contribution in [0.2, 0.25) is 0 Å². The molecule has 0 saturated heterocycles. The summed E-state index contributed by atoms with van der Waals surface area (Å²) in [5.41, 5.74) is 7.99. The Morgan fingerprint density at radius 2 is 1.87 bits per heavy atom. The number of aliphatic hydroxyl groups excluding tert-OH is 2. The Bertz CT molecular complexity index is 1350. The number of amides is 1. The van der Waals surface area contributed by atoms with E-state index in [2.05, 4.69) is 24.8 Å². The summed E-state index contributed by atoms with van der Waals surface area (Å²) >= 11 is 0. The number of hydrogen-bond donors (Lipinski definition) is 4. The van der Waals surface area contributed by atoms with Crippen molar-refractivity contribution in [3.63, 3.8) is 0 Å². The number of primary amides is 1. The highest BCUT2D eigenvalue weighted by Crippen LogP contribution is 2.51. The van der Waals surface area contributed by atoms with E-state index >= 15 is 0 Å². The summed E-state index contributed by atoms with van der Waals surface area (Å²) in [5.74, 6) is -4.86. The number of hydrogen-bond acceptors (Lipinski definition) is 8. The van der Waals surface area contributed by atoms with Crippen molar-refractivity contribution in [2.24, 2.45) is 29.4 Å². The predicted octanol–water partition coefficient (Wildman–Crippen LogP) is 2.75. The number of fused-ring (bicyclic) bond motifs is 3. The summed E-state index contributed by atoms with van der Waals surface area (Å²) in [6, 6.07) is 2.66. The molecule has 1 aromatic carbocycles. The van der Waals surface area contributed by atoms with Gasteiger partial charge in [-0.05, 0) is 73.9 Å². The van der Waals surface area contributed by atoms with Crippen molar-refractivity contribution in [2.75, 3.05) is 33.7 Å². The molecule has 0 aromatic heterocycles. The molecule has 0 spiro atoms. The Morgan fingerprint density at radius 1 is 1.15 bits per heavy atom. The highest BCUT2D eigenvalue weighted by atomic mass is 16.3. The second-order valence-electron chi connectivity index (χ2n) is 11.9. The maximum atomic E-state index is 13.9. The van der Waals surface area contributed by atoms with Crippen LogP contribution in [-0.2, 0) is 16.0 Å². The molecule has 9 heteroatoms. The van der Waals surface area contributed by atoms with E-state index in [1.54, 1.807) is 19.0 Å². The number of rotatable bonds is 5. The van der Waals surface area contributed by atoms with E-state index in [-0.39, 0.29) is 22.6 Å². The van der Waals surface area contributed by atoms with Crippen LogP contribution in [0, 0.1) is 23.7 Å². The summed E-state index contributed by atoms with van der Waals surface area (Å²) in [6.07, 6.45) is 3.77. The average molecular weight is 536 g/mol. The first-order chi connectivity index (χ1) is 18.4. The van der Waals surface area contributed by atoms with Crippen LogP contribution >= 0.6 is 0 Å². The largest absolute Gasteiger partial charge is 0.511 e. The van der Waals surface area contributed by atoms with Crippen LogP contribution in [0.1, 0.15) is 48.2 Å². The molecule has 3 unspecified atom stereocenters. The van der Waals surface area contributed by atoms with Gasteiger partial charge in [-0.25, -0.2) is 0 Å². The quantitative estimate of drug-likeness (QED) is 0.421. The third-order valence-electron chi connectivity index (χ3n) is 8.71. The van der Waals surface area contributed by atoms with Crippen molar-refractivity contribution >= 4 is 23.0 Å². The highest BCUT2D eigenvalue weighted by Gasteiger charge is 2.54. The summed E-state index contributed by atoms with van der Waals surface area (Å²) in [4.78, 5) is 43.4. The molecule has 5 rings (SSSR count). The summed E-state index contributed by atoms with van der Waals surface area (Å²) in [6.45, 7) is 7.13. The summed E-state index contributed by atoms with van der Waals surface area (Å²) in [5, 5.41) is 33.1. The standard InChI is InChI=1S/C30H37N3O6/c1-14(2)13-33-9-7-15(8-10-33)17-5-6-20(34)22-18(17)11-16-12-19-23(27(36)21(16)26(22)35)28(37)24(30(31)39)29(38)25(19)32(3)4/h5-7,14,16,19,23,25,34,36,38H,8-13H2,1-4H3,(H2,31,39)/t16?,19?,23?,25-/m0/s1. The molecule has 5 N–H and O–H groups in total. The number of nitrogens with zero attached hydrogens (tertiary/aromatic N) is 2. The molecule has 4 atom stereocenters. The minimum Gasteiger partial charge on any atom is -0.511 e. The van der Waals surface area contributed by atoms with Gasteiger partial charge in [0, 0.05) is 25.2 Å². The zero-order valence-corrected chi connectivity index (χ0v) is 22.9. The number of aliphatic hydroxyl groups is 2. The van der Waals surface area contributed by atoms with Gasteiger partial charge in [0.15, 0.2) is 11.6 Å². The number of phenolic OH excluding ortho intramolecular Hbond substituents is 1. The van der Waals surface area contributed by atoms with Gasteiger partial charge in [0.1, 0.15) is 22.8 Å². The zero-order valence-electron chi connectivity index (χ0n) is 22.9. The van der Waals surface area contributed by atoms with Crippen LogP contribution < -0.4 is 5.73 Å². The maximum absolute atomic E-state index is 13.9. The van der Waals surface area contributed by atoms with Gasteiger partial charge in [-0.1, -0.05) is 26.0 Å². The topological polar surface area (TPSA) is 144 Å². The van der Waals surface area contributed by atoms with E-state index in [9.17, 15) is 29.7 Å². The van der Waals surface area contributed by atoms with Crippen LogP contribution in [-0.4, -0.2) is 82.4 Å². The summed E-state index contributed by atoms with van der Waals surface area (Å²) < 4.78 is 0. The second kappa shape index (κ2) is 9.95. The van der Waals surface area contributed by atoms with Gasteiger partial charge in [-0.2, -0.15) is 0 Å². The first-order valence-electron chi connectivity index (χ1n) is 13.6. The number of nitrogens with two attached hydrogens (primary N) is 1. The lowest BCUT2D eigenvalue weighted by molar-refractivity contribution is -0.127. The SMILES string of the molecule is CC(C)CN1CC=C(c2ccc(O)c3c2CC2CC4C(C(=O)C(C(N)=O)=C(O)[C@H]4N(C)C)C(O)=C2C3=O)CC1. The first kappa shape index (κ1) is 27.1. The smallest absolute Gasteiger partial charge is 0.255 e. The fourth-order valence-electron chi connectivity index (χ4n) is 7.21. The van der Waals surface area contributed by atoms with Crippen molar-refractivity contribution in [1.29, 1.82) is 0 Å². The second-order valence-corrected chi connectivity index (χ2v) is 11.9. The lowest BCUT2D eigenvalue weighted by Crippen LogP contribution is -2.53. The molecule has 0 bridgehead atoms. The molecule has 9 nitrogen and oxygen atoms in total. The number of likely N-dealkylation sites (N-methyl/N-ethyl adjacent to an activating group) is 1. The predicted molar refractivity (Wildman–Crippen MR) is 146 cm³/mol. The molecular weight excluding hydrogens is 498 g/mol. The van der Waals surface area contributed by atoms with E-state index in [0.717, 1.165) is 42.8 Å². The average Bonchev–Trinajstić information content (AvgIpc) is 2.83. The van der Waals surface area contributed by atoms with Crippen LogP contribution in [0.3, 0.4) is 0 Å². The molecule has 1 heterocycles. The molecule has 4 aliphatic rings. The van der Waals surface area contributed by atoms with Crippen LogP contribution in [0.5, 0.6) is 5.75 Å². The summed E-state index contributed by atoms with van der Waals surface area (Å²) in [7, 11) is 3.44. The van der Waals surface area contributed by atoms with Crippen molar-refractivity contribution in [1.82, 2.24) is 9.80 Å². The fraction of sp³-hybridized carbons (Fsp3) is 0.500. The van der Waals surface area contributed by atoms with Crippen LogP contribution in [0.25, 0.3) is 5.57 Å². The van der Waals surface area contributed by atoms with Crippen LogP contribution in [0.4, 0.5) is 0 Å². The van der Waals surface area contributed by atoms with Gasteiger partial charge < -0.3 is 21.1 Å². The maximum Gasteiger partial charge on any atom is 0.255 e. The van der Waals surface area contributed by atoms with Gasteiger partial charge in [-0.3, -0.25) is 24.2 Å². The number of ketones is 2. The van der Waals surface area contributed by atoms with Gasteiger partial charge in [0.25, 0.3) is 5.91 Å². The van der Waals surface area contributed by atoms with Crippen molar-refractivity contribution < 1.29 is 29.7 Å². The number of carbonyl (C=O) groups excluding carboxylic acids is 3. The van der Waals surface area contributed by atoms with E-state index in [1.807, 2.05) is 6.07 Å². The number of allylic oxidation sites excluding steroid dienone is 2. The molecule has 1 amide bonds. The zero-order chi connectivity index (χ0) is 28.3. The lowest BCUT2D eigenvalue weighted by atomic mass is 9.60. The number of aromatic hydroxyl groups is 1. The molecule has 1 aromatic rings. The Labute approximate surface area is 228 Å². The van der Waals surface area contributed by atoms with E-state index in [1.165, 1.54) is 6.07 Å². The monoisotopic (exact) mass is 535 g/mol. The highest BCUT2D eigenvalue weighted by molar-refractivity contribution is 6.22. The minimum absolute atomic E-state index is 0.105. The molecule has 1 aliphatic heterocycles. The molecule has 0 fully saturated rings. The van der Waals surface area contributed by atoms with Crippen molar-refractivity contribution in [3.05, 3.63) is 57.6 Å². The molecule has 0 radical (unpaired) electrons. The Kier molecular flexibility index (Phi) is 6.93. The molecule has 3 aliphatic carbocycles. The van der Waals surface area contributed by atoms with E-state index < -0.39 is 52.6 Å². The molecule has 208 valence electrons. The minimum atomic E-state index is -1.18.